The van der Waals surface area contributed by atoms with E-state index in [-0.39, 0.29) is 22.7 Å². The number of carbonyl (C=O) groups excluding carboxylic acids is 1. The minimum absolute atomic E-state index is 0.0153. The highest BCUT2D eigenvalue weighted by atomic mass is 32.1. The van der Waals surface area contributed by atoms with Gasteiger partial charge in [0.2, 0.25) is 0 Å². The highest BCUT2D eigenvalue weighted by Crippen LogP contribution is 2.30. The summed E-state index contributed by atoms with van der Waals surface area (Å²) in [5.74, 6) is 0.527. The highest BCUT2D eigenvalue weighted by Gasteiger charge is 2.35. The molecule has 2 N–H and O–H groups in total. The molecule has 1 saturated heterocycles. The van der Waals surface area contributed by atoms with Gasteiger partial charge in [0, 0.05) is 30.1 Å². The van der Waals surface area contributed by atoms with Crippen LogP contribution in [0.2, 0.25) is 0 Å². The predicted molar refractivity (Wildman–Crippen MR) is 142 cm³/mol. The molecule has 36 heavy (non-hydrogen) atoms. The first kappa shape index (κ1) is 24.4. The van der Waals surface area contributed by atoms with Crippen molar-refractivity contribution in [3.05, 3.63) is 85.4 Å². The van der Waals surface area contributed by atoms with Crippen LogP contribution in [0.1, 0.15) is 38.8 Å². The van der Waals surface area contributed by atoms with Crippen molar-refractivity contribution in [2.24, 2.45) is 0 Å². The maximum atomic E-state index is 12.9. The number of ether oxygens (including phenoxy) is 1. The van der Waals surface area contributed by atoms with Crippen LogP contribution in [0.25, 0.3) is 10.6 Å². The van der Waals surface area contributed by atoms with E-state index in [9.17, 15) is 9.59 Å². The van der Waals surface area contributed by atoms with Gasteiger partial charge >= 0.3 is 4.87 Å². The number of hydrogen-bond donors (Lipinski definition) is 2. The molecule has 0 aliphatic carbocycles. The van der Waals surface area contributed by atoms with Gasteiger partial charge in [-0.15, -0.1) is 11.3 Å². The number of nitrogens with one attached hydrogen (secondary N) is 2. The normalized spacial score (nSPS) is 17.8. The number of benzene rings is 2. The van der Waals surface area contributed by atoms with Crippen LogP contribution >= 0.6 is 22.7 Å². The fraction of sp³-hybridized carbons (Fsp3) is 0.308. The molecule has 0 unspecified atom stereocenters. The summed E-state index contributed by atoms with van der Waals surface area (Å²) in [4.78, 5) is 32.3. The molecule has 1 aliphatic rings. The van der Waals surface area contributed by atoms with Gasteiger partial charge in [-0.2, -0.15) is 5.10 Å². The molecule has 8 nitrogen and oxygen atoms in total. The van der Waals surface area contributed by atoms with E-state index in [1.165, 1.54) is 0 Å². The van der Waals surface area contributed by atoms with Gasteiger partial charge < -0.3 is 15.0 Å². The third-order valence-electron chi connectivity index (χ3n) is 6.21. The first-order chi connectivity index (χ1) is 17.5. The summed E-state index contributed by atoms with van der Waals surface area (Å²) < 4.78 is 6.04. The van der Waals surface area contributed by atoms with E-state index >= 15 is 0 Å². The molecule has 1 fully saturated rings. The van der Waals surface area contributed by atoms with E-state index in [1.54, 1.807) is 23.5 Å². The molecule has 0 saturated carbocycles. The Morgan fingerprint density at radius 1 is 1.14 bits per heavy atom. The summed E-state index contributed by atoms with van der Waals surface area (Å²) in [6, 6.07) is 17.2. The largest absolute Gasteiger partial charge is 0.488 e. The maximum Gasteiger partial charge on any atom is 0.322 e. The Morgan fingerprint density at radius 2 is 1.92 bits per heavy atom. The molecule has 5 rings (SSSR count). The SMILES string of the molecule is CCc1nc(-c2ccccc2)sc1COc1ccc(C(=O)N[C@@H]2CN(C)C[C@@H]2c2n[nH]c(=O)s2)cc1. The summed E-state index contributed by atoms with van der Waals surface area (Å²) in [5, 5.41) is 11.4. The number of carbonyl (C=O) groups is 1. The molecule has 186 valence electrons. The molecule has 0 radical (unpaired) electrons. The molecule has 2 aromatic heterocycles. The number of aromatic amines is 1. The fourth-order valence-corrected chi connectivity index (χ4v) is 6.21. The Labute approximate surface area is 217 Å². The number of aryl methyl sites for hydroxylation is 1. The van der Waals surface area contributed by atoms with E-state index < -0.39 is 0 Å². The number of thiazole rings is 1. The van der Waals surface area contributed by atoms with Crippen molar-refractivity contribution in [2.45, 2.75) is 31.9 Å². The molecule has 4 aromatic rings. The highest BCUT2D eigenvalue weighted by molar-refractivity contribution is 7.15. The minimum atomic E-state index is -0.180. The lowest BCUT2D eigenvalue weighted by Crippen LogP contribution is -2.39. The van der Waals surface area contributed by atoms with E-state index in [2.05, 4.69) is 39.5 Å². The monoisotopic (exact) mass is 521 g/mol. The summed E-state index contributed by atoms with van der Waals surface area (Å²) in [5.41, 5.74) is 2.72. The van der Waals surface area contributed by atoms with Crippen LogP contribution in [-0.4, -0.2) is 52.2 Å². The van der Waals surface area contributed by atoms with Crippen molar-refractivity contribution >= 4 is 28.6 Å². The van der Waals surface area contributed by atoms with Gasteiger partial charge in [-0.25, -0.2) is 10.1 Å². The van der Waals surface area contributed by atoms with Crippen molar-refractivity contribution in [3.8, 4) is 16.3 Å². The van der Waals surface area contributed by atoms with Crippen LogP contribution in [0.3, 0.4) is 0 Å². The summed E-state index contributed by atoms with van der Waals surface area (Å²) in [7, 11) is 2.00. The molecule has 1 amide bonds. The second kappa shape index (κ2) is 10.7. The van der Waals surface area contributed by atoms with E-state index in [0.717, 1.165) is 50.5 Å². The zero-order valence-electron chi connectivity index (χ0n) is 20.1. The third-order valence-corrected chi connectivity index (χ3v) is 8.21. The Bertz CT molecular complexity index is 1380. The lowest BCUT2D eigenvalue weighted by atomic mass is 10.0. The lowest BCUT2D eigenvalue weighted by molar-refractivity contribution is 0.0935. The quantitative estimate of drug-likeness (QED) is 0.365. The number of likely N-dealkylation sites (tertiary alicyclic amines) is 1. The summed E-state index contributed by atoms with van der Waals surface area (Å²) in [6.45, 7) is 3.97. The molecule has 2 atom stereocenters. The van der Waals surface area contributed by atoms with Gasteiger partial charge in [0.15, 0.2) is 0 Å². The molecule has 2 aromatic carbocycles. The Kier molecular flexibility index (Phi) is 7.26. The molecule has 3 heterocycles. The molecule has 10 heteroatoms. The number of hydrogen-bond acceptors (Lipinski definition) is 8. The molecule has 0 spiro atoms. The van der Waals surface area contributed by atoms with E-state index in [4.69, 9.17) is 9.72 Å². The number of rotatable bonds is 8. The summed E-state index contributed by atoms with van der Waals surface area (Å²) in [6.07, 6.45) is 0.841. The Morgan fingerprint density at radius 3 is 2.61 bits per heavy atom. The first-order valence-corrected chi connectivity index (χ1v) is 13.4. The zero-order chi connectivity index (χ0) is 25.1. The van der Waals surface area contributed by atoms with Crippen LogP contribution in [0.5, 0.6) is 5.75 Å². The summed E-state index contributed by atoms with van der Waals surface area (Å²) >= 11 is 2.75. The van der Waals surface area contributed by atoms with Crippen molar-refractivity contribution in [3.63, 3.8) is 0 Å². The number of H-pyrrole nitrogens is 1. The zero-order valence-corrected chi connectivity index (χ0v) is 21.7. The van der Waals surface area contributed by atoms with Crippen molar-refractivity contribution < 1.29 is 9.53 Å². The van der Waals surface area contributed by atoms with Crippen molar-refractivity contribution in [2.75, 3.05) is 20.1 Å². The standard InChI is InChI=1S/C26H27N5O3S2/c1-3-20-22(35-24(28-20)17-7-5-4-6-8-17)15-34-18-11-9-16(10-12-18)23(32)27-21-14-31(2)13-19(21)25-29-30-26(33)36-25/h4-12,19,21H,3,13-15H2,1-2H3,(H,27,32)(H,30,33)/t19-,21+/m0/s1. The van der Waals surface area contributed by atoms with Crippen LogP contribution in [0, 0.1) is 0 Å². The third kappa shape index (κ3) is 5.40. The van der Waals surface area contributed by atoms with Crippen molar-refractivity contribution in [1.29, 1.82) is 0 Å². The van der Waals surface area contributed by atoms with Gasteiger partial charge in [0.1, 0.15) is 22.4 Å². The Hall–Kier alpha value is -3.34. The fourth-order valence-electron chi connectivity index (χ4n) is 4.38. The lowest BCUT2D eigenvalue weighted by Gasteiger charge is -2.18. The molecule has 1 aliphatic heterocycles. The average molecular weight is 522 g/mol. The van der Waals surface area contributed by atoms with Gasteiger partial charge in [-0.1, -0.05) is 48.6 Å². The van der Waals surface area contributed by atoms with Gasteiger partial charge in [-0.3, -0.25) is 9.59 Å². The second-order valence-corrected chi connectivity index (χ2v) is 10.9. The molecular formula is C26H27N5O3S2. The van der Waals surface area contributed by atoms with Crippen molar-refractivity contribution in [1.82, 2.24) is 25.4 Å². The number of aromatic nitrogens is 3. The minimum Gasteiger partial charge on any atom is -0.488 e. The van der Waals surface area contributed by atoms with Crippen LogP contribution in [0.4, 0.5) is 0 Å². The van der Waals surface area contributed by atoms with E-state index in [1.807, 2.05) is 37.4 Å². The van der Waals surface area contributed by atoms with Gasteiger partial charge in [0.25, 0.3) is 5.91 Å². The van der Waals surface area contributed by atoms with Gasteiger partial charge in [-0.05, 0) is 37.7 Å². The molecular weight excluding hydrogens is 494 g/mol. The van der Waals surface area contributed by atoms with Gasteiger partial charge in [0.05, 0.1) is 16.6 Å². The first-order valence-electron chi connectivity index (χ1n) is 11.8. The van der Waals surface area contributed by atoms with E-state index in [0.29, 0.717) is 24.5 Å². The van der Waals surface area contributed by atoms with Crippen LogP contribution in [0.15, 0.2) is 59.4 Å². The average Bonchev–Trinajstić information content (AvgIpc) is 3.61. The number of likely N-dealkylation sites (N-methyl/N-ethyl adjacent to an activating group) is 1. The Balaban J connectivity index is 1.22. The number of amides is 1. The van der Waals surface area contributed by atoms with Crippen LogP contribution in [-0.2, 0) is 13.0 Å². The smallest absolute Gasteiger partial charge is 0.322 e. The molecule has 0 bridgehead atoms. The predicted octanol–water partition coefficient (Wildman–Crippen LogP) is 3.92. The topological polar surface area (TPSA) is 100 Å². The maximum absolute atomic E-state index is 12.9. The second-order valence-electron chi connectivity index (χ2n) is 8.78. The number of nitrogens with zero attached hydrogens (tertiary/aromatic N) is 3. The van der Waals surface area contributed by atoms with Crippen LogP contribution < -0.4 is 14.9 Å².